The zero-order valence-electron chi connectivity index (χ0n) is 10.8. The van der Waals surface area contributed by atoms with E-state index in [1.807, 2.05) is 0 Å². The molecule has 8 heteroatoms. The second kappa shape index (κ2) is 5.82. The van der Waals surface area contributed by atoms with Gasteiger partial charge in [0.15, 0.2) is 5.16 Å². The Morgan fingerprint density at radius 2 is 2.25 bits per heavy atom. The van der Waals surface area contributed by atoms with Gasteiger partial charge in [0.05, 0.1) is 23.4 Å². The van der Waals surface area contributed by atoms with Crippen molar-refractivity contribution in [3.63, 3.8) is 0 Å². The smallest absolute Gasteiger partial charge is 0.288 e. The van der Waals surface area contributed by atoms with Gasteiger partial charge >= 0.3 is 0 Å². The van der Waals surface area contributed by atoms with Crippen molar-refractivity contribution in [1.82, 2.24) is 9.55 Å². The largest absolute Gasteiger partial charge is 0.390 e. The van der Waals surface area contributed by atoms with Gasteiger partial charge < -0.3 is 9.67 Å². The summed E-state index contributed by atoms with van der Waals surface area (Å²) in [5.74, 6) is 0. The second-order valence-corrected chi connectivity index (χ2v) is 5.59. The van der Waals surface area contributed by atoms with Crippen molar-refractivity contribution < 1.29 is 10.0 Å². The number of halogens is 1. The van der Waals surface area contributed by atoms with Crippen LogP contribution in [0.2, 0.25) is 5.02 Å². The summed E-state index contributed by atoms with van der Waals surface area (Å²) in [5.41, 5.74) is 1.34. The average molecular weight is 314 g/mol. The van der Waals surface area contributed by atoms with Gasteiger partial charge in [-0.3, -0.25) is 10.1 Å². The molecule has 1 N–H and O–H groups in total. The van der Waals surface area contributed by atoms with Crippen molar-refractivity contribution >= 4 is 29.1 Å². The Hall–Kier alpha value is -1.57. The fraction of sp³-hybridized carbons (Fsp3) is 0.250. The molecule has 1 heterocycles. The first kappa shape index (κ1) is 14.8. The molecule has 106 valence electrons. The van der Waals surface area contributed by atoms with Gasteiger partial charge in [-0.1, -0.05) is 23.4 Å². The van der Waals surface area contributed by atoms with Crippen LogP contribution in [0, 0.1) is 17.0 Å². The van der Waals surface area contributed by atoms with Crippen molar-refractivity contribution in [2.45, 2.75) is 23.6 Å². The van der Waals surface area contributed by atoms with Crippen molar-refractivity contribution in [2.24, 2.45) is 7.05 Å². The van der Waals surface area contributed by atoms with Crippen LogP contribution in [0.25, 0.3) is 0 Å². The summed E-state index contributed by atoms with van der Waals surface area (Å²) in [5, 5.41) is 20.7. The summed E-state index contributed by atoms with van der Waals surface area (Å²) in [4.78, 5) is 15.3. The minimum absolute atomic E-state index is 0.0932. The number of aliphatic hydroxyl groups excluding tert-OH is 1. The van der Waals surface area contributed by atoms with Crippen LogP contribution in [0.3, 0.4) is 0 Å². The molecule has 0 unspecified atom stereocenters. The lowest BCUT2D eigenvalue weighted by Gasteiger charge is -2.07. The highest BCUT2D eigenvalue weighted by Gasteiger charge is 2.17. The molecule has 1 aromatic heterocycles. The van der Waals surface area contributed by atoms with E-state index in [-0.39, 0.29) is 17.3 Å². The van der Waals surface area contributed by atoms with E-state index in [1.165, 1.54) is 17.8 Å². The monoisotopic (exact) mass is 313 g/mol. The summed E-state index contributed by atoms with van der Waals surface area (Å²) in [6.07, 6.45) is 1.59. The third-order valence-corrected chi connectivity index (χ3v) is 4.37. The van der Waals surface area contributed by atoms with Crippen LogP contribution in [0.1, 0.15) is 11.3 Å². The highest BCUT2D eigenvalue weighted by atomic mass is 35.5. The van der Waals surface area contributed by atoms with E-state index in [4.69, 9.17) is 16.7 Å². The molecule has 0 amide bonds. The molecular weight excluding hydrogens is 302 g/mol. The van der Waals surface area contributed by atoms with Gasteiger partial charge in [0.1, 0.15) is 5.02 Å². The number of nitro benzene ring substituents is 1. The summed E-state index contributed by atoms with van der Waals surface area (Å²) >= 11 is 7.26. The minimum Gasteiger partial charge on any atom is -0.390 e. The molecule has 0 aliphatic heterocycles. The average Bonchev–Trinajstić information content (AvgIpc) is 2.74. The quantitative estimate of drug-likeness (QED) is 0.693. The second-order valence-electron chi connectivity index (χ2n) is 4.18. The first-order valence-corrected chi connectivity index (χ1v) is 6.87. The van der Waals surface area contributed by atoms with Gasteiger partial charge in [0.2, 0.25) is 0 Å². The molecule has 0 bridgehead atoms. The predicted molar refractivity (Wildman–Crippen MR) is 76.1 cm³/mol. The van der Waals surface area contributed by atoms with Gasteiger partial charge in [-0.2, -0.15) is 0 Å². The van der Waals surface area contributed by atoms with Crippen LogP contribution >= 0.6 is 23.4 Å². The molecule has 0 aliphatic rings. The van der Waals surface area contributed by atoms with Crippen molar-refractivity contribution in [2.75, 3.05) is 0 Å². The highest BCUT2D eigenvalue weighted by Crippen LogP contribution is 2.36. The number of aromatic nitrogens is 2. The zero-order valence-corrected chi connectivity index (χ0v) is 12.4. The number of nitrogens with zero attached hydrogens (tertiary/aromatic N) is 3. The van der Waals surface area contributed by atoms with Crippen molar-refractivity contribution in [1.29, 1.82) is 0 Å². The van der Waals surface area contributed by atoms with E-state index < -0.39 is 4.92 Å². The fourth-order valence-electron chi connectivity index (χ4n) is 1.66. The Balaban J connectivity index is 2.36. The molecular formula is C12H12ClN3O3S. The Kier molecular flexibility index (Phi) is 4.32. The SMILES string of the molecule is Cc1cc([N+](=O)[O-])c(Cl)cc1Sc1ncc(CO)n1C. The molecule has 20 heavy (non-hydrogen) atoms. The molecule has 0 spiro atoms. The van der Waals surface area contributed by atoms with Crippen molar-refractivity contribution in [3.8, 4) is 0 Å². The molecule has 2 aromatic rings. The summed E-state index contributed by atoms with van der Waals surface area (Å²) in [7, 11) is 1.79. The summed E-state index contributed by atoms with van der Waals surface area (Å²) in [6.45, 7) is 1.69. The summed E-state index contributed by atoms with van der Waals surface area (Å²) < 4.78 is 1.76. The number of aryl methyl sites for hydroxylation is 1. The molecule has 0 saturated heterocycles. The number of rotatable bonds is 4. The first-order chi connectivity index (χ1) is 9.43. The van der Waals surface area contributed by atoms with Gasteiger partial charge in [0, 0.05) is 18.0 Å². The van der Waals surface area contributed by atoms with Crippen LogP contribution in [0.15, 0.2) is 28.4 Å². The van der Waals surface area contributed by atoms with Crippen LogP contribution in [-0.2, 0) is 13.7 Å². The van der Waals surface area contributed by atoms with E-state index in [2.05, 4.69) is 4.98 Å². The van der Waals surface area contributed by atoms with E-state index in [1.54, 1.807) is 30.8 Å². The fourth-order valence-corrected chi connectivity index (χ4v) is 2.91. The lowest BCUT2D eigenvalue weighted by molar-refractivity contribution is -0.384. The van der Waals surface area contributed by atoms with Crippen LogP contribution in [0.5, 0.6) is 0 Å². The Bertz CT molecular complexity index is 672. The topological polar surface area (TPSA) is 81.2 Å². The third-order valence-electron chi connectivity index (χ3n) is 2.85. The van der Waals surface area contributed by atoms with Crippen molar-refractivity contribution in [3.05, 3.63) is 44.7 Å². The van der Waals surface area contributed by atoms with E-state index in [9.17, 15) is 10.1 Å². The number of imidazole rings is 1. The Labute approximate surface area is 124 Å². The third kappa shape index (κ3) is 2.79. The molecule has 0 saturated carbocycles. The van der Waals surface area contributed by atoms with Gasteiger partial charge in [-0.15, -0.1) is 0 Å². The van der Waals surface area contributed by atoms with E-state index in [0.29, 0.717) is 10.9 Å². The predicted octanol–water partition coefficient (Wildman–Crippen LogP) is 2.93. The highest BCUT2D eigenvalue weighted by molar-refractivity contribution is 7.99. The lowest BCUT2D eigenvalue weighted by Crippen LogP contribution is -1.97. The van der Waals surface area contributed by atoms with Gasteiger partial charge in [0.25, 0.3) is 5.69 Å². The molecule has 0 atom stereocenters. The summed E-state index contributed by atoms with van der Waals surface area (Å²) in [6, 6.07) is 3.01. The zero-order chi connectivity index (χ0) is 14.9. The van der Waals surface area contributed by atoms with E-state index >= 15 is 0 Å². The van der Waals surface area contributed by atoms with Crippen LogP contribution in [0.4, 0.5) is 5.69 Å². The number of benzene rings is 1. The molecule has 6 nitrogen and oxygen atoms in total. The molecule has 0 radical (unpaired) electrons. The molecule has 2 rings (SSSR count). The number of hydrogen-bond donors (Lipinski definition) is 1. The first-order valence-electron chi connectivity index (χ1n) is 5.68. The standard InChI is InChI=1S/C12H12ClN3O3S/c1-7-3-10(16(18)19)9(13)4-11(7)20-12-14-5-8(6-17)15(12)2/h3-5,17H,6H2,1-2H3. The number of hydrogen-bond acceptors (Lipinski definition) is 5. The maximum absolute atomic E-state index is 10.8. The molecule has 1 aromatic carbocycles. The van der Waals surface area contributed by atoms with E-state index in [0.717, 1.165) is 10.5 Å². The van der Waals surface area contributed by atoms with Crippen LogP contribution in [-0.4, -0.2) is 19.6 Å². The minimum atomic E-state index is -0.506. The number of aliphatic hydroxyl groups is 1. The Morgan fingerprint density at radius 1 is 1.55 bits per heavy atom. The molecule has 0 fully saturated rings. The lowest BCUT2D eigenvalue weighted by atomic mass is 10.2. The maximum atomic E-state index is 10.8. The number of nitro groups is 1. The van der Waals surface area contributed by atoms with Crippen LogP contribution < -0.4 is 0 Å². The maximum Gasteiger partial charge on any atom is 0.288 e. The Morgan fingerprint density at radius 3 is 2.80 bits per heavy atom. The van der Waals surface area contributed by atoms with Gasteiger partial charge in [-0.25, -0.2) is 4.98 Å². The normalized spacial score (nSPS) is 10.8. The van der Waals surface area contributed by atoms with Gasteiger partial charge in [-0.05, 0) is 18.6 Å². The molecule has 0 aliphatic carbocycles.